The van der Waals surface area contributed by atoms with Gasteiger partial charge in [0.15, 0.2) is 0 Å². The van der Waals surface area contributed by atoms with E-state index in [2.05, 4.69) is 6.92 Å². The van der Waals surface area contributed by atoms with Gasteiger partial charge in [0.2, 0.25) is 0 Å². The molecule has 0 aromatic heterocycles. The summed E-state index contributed by atoms with van der Waals surface area (Å²) in [5, 5.41) is 0. The average molecular weight is 189 g/mol. The Hall–Kier alpha value is -0.120. The maximum absolute atomic E-state index is 6.01. The number of methoxy groups -OCH3 is 1. The topological polar surface area (TPSA) is 44.5 Å². The number of hydrogen-bond acceptors (Lipinski definition) is 3. The van der Waals surface area contributed by atoms with Crippen LogP contribution in [0.1, 0.15) is 27.2 Å². The summed E-state index contributed by atoms with van der Waals surface area (Å²) in [5.41, 5.74) is 6.01. The molecule has 3 nitrogen and oxygen atoms in total. The Labute approximate surface area is 81.6 Å². The van der Waals surface area contributed by atoms with Crippen LogP contribution in [-0.4, -0.2) is 32.5 Å². The summed E-state index contributed by atoms with van der Waals surface area (Å²) in [5.74, 6) is 0.446. The lowest BCUT2D eigenvalue weighted by Crippen LogP contribution is -2.40. The fourth-order valence-electron chi connectivity index (χ4n) is 1.33. The molecule has 0 aliphatic heterocycles. The zero-order valence-electron chi connectivity index (χ0n) is 9.25. The summed E-state index contributed by atoms with van der Waals surface area (Å²) in [4.78, 5) is 0. The summed E-state index contributed by atoms with van der Waals surface area (Å²) < 4.78 is 10.4. The minimum atomic E-state index is 0.107. The van der Waals surface area contributed by atoms with Crippen molar-refractivity contribution >= 4 is 0 Å². The highest BCUT2D eigenvalue weighted by atomic mass is 16.5. The average Bonchev–Trinajstić information content (AvgIpc) is 2.13. The van der Waals surface area contributed by atoms with E-state index in [1.54, 1.807) is 7.11 Å². The first kappa shape index (κ1) is 12.9. The van der Waals surface area contributed by atoms with E-state index in [0.717, 1.165) is 19.6 Å². The molecule has 80 valence electrons. The number of rotatable bonds is 7. The predicted molar refractivity (Wildman–Crippen MR) is 54.7 cm³/mol. The molecule has 0 saturated carbocycles. The largest absolute Gasteiger partial charge is 0.385 e. The van der Waals surface area contributed by atoms with Crippen molar-refractivity contribution in [1.82, 2.24) is 0 Å². The Morgan fingerprint density at radius 1 is 1.31 bits per heavy atom. The monoisotopic (exact) mass is 189 g/mol. The third kappa shape index (κ3) is 5.24. The van der Waals surface area contributed by atoms with Crippen LogP contribution in [0, 0.1) is 5.92 Å². The third-order valence-electron chi connectivity index (χ3n) is 2.41. The maximum atomic E-state index is 6.01. The van der Waals surface area contributed by atoms with Crippen molar-refractivity contribution in [3.8, 4) is 0 Å². The van der Waals surface area contributed by atoms with E-state index in [4.69, 9.17) is 15.2 Å². The molecule has 0 saturated heterocycles. The van der Waals surface area contributed by atoms with Gasteiger partial charge in [-0.1, -0.05) is 6.92 Å². The molecule has 0 radical (unpaired) electrons. The van der Waals surface area contributed by atoms with Gasteiger partial charge in [0, 0.05) is 26.4 Å². The molecule has 3 heteroatoms. The van der Waals surface area contributed by atoms with Crippen molar-refractivity contribution < 1.29 is 9.47 Å². The number of ether oxygens (including phenoxy) is 2. The van der Waals surface area contributed by atoms with Gasteiger partial charge in [-0.3, -0.25) is 0 Å². The first-order valence-electron chi connectivity index (χ1n) is 4.99. The van der Waals surface area contributed by atoms with Crippen molar-refractivity contribution in [3.63, 3.8) is 0 Å². The summed E-state index contributed by atoms with van der Waals surface area (Å²) in [6.45, 7) is 7.65. The van der Waals surface area contributed by atoms with Crippen LogP contribution >= 0.6 is 0 Å². The Kier molecular flexibility index (Phi) is 7.23. The molecule has 0 aromatic carbocycles. The second-order valence-electron chi connectivity index (χ2n) is 3.50. The van der Waals surface area contributed by atoms with Crippen molar-refractivity contribution in [2.24, 2.45) is 11.7 Å². The molecule has 0 aromatic rings. The minimum Gasteiger partial charge on any atom is -0.385 e. The standard InChI is InChI=1S/C10H23NO2/c1-5-13-9(3)10(11)8(2)6-7-12-4/h8-10H,5-7,11H2,1-4H3. The van der Waals surface area contributed by atoms with E-state index < -0.39 is 0 Å². The van der Waals surface area contributed by atoms with Gasteiger partial charge in [0.05, 0.1) is 6.10 Å². The lowest BCUT2D eigenvalue weighted by molar-refractivity contribution is 0.0393. The highest BCUT2D eigenvalue weighted by molar-refractivity contribution is 4.75. The Balaban J connectivity index is 3.71. The van der Waals surface area contributed by atoms with Crippen LogP contribution in [0.3, 0.4) is 0 Å². The number of nitrogens with two attached hydrogens (primary N) is 1. The molecule has 3 unspecified atom stereocenters. The lowest BCUT2D eigenvalue weighted by atomic mass is 9.95. The Bertz CT molecular complexity index is 119. The van der Waals surface area contributed by atoms with E-state index >= 15 is 0 Å². The van der Waals surface area contributed by atoms with E-state index in [9.17, 15) is 0 Å². The molecule has 0 aliphatic carbocycles. The molecule has 0 spiro atoms. The molecule has 3 atom stereocenters. The fraction of sp³-hybridized carbons (Fsp3) is 1.00. The molecular formula is C10H23NO2. The van der Waals surface area contributed by atoms with Crippen molar-refractivity contribution in [1.29, 1.82) is 0 Å². The Morgan fingerprint density at radius 2 is 1.92 bits per heavy atom. The van der Waals surface area contributed by atoms with Crippen LogP contribution in [0.25, 0.3) is 0 Å². The van der Waals surface area contributed by atoms with E-state index in [1.165, 1.54) is 0 Å². The fourth-order valence-corrected chi connectivity index (χ4v) is 1.33. The Morgan fingerprint density at radius 3 is 2.38 bits per heavy atom. The molecule has 13 heavy (non-hydrogen) atoms. The normalized spacial score (nSPS) is 18.2. The zero-order valence-corrected chi connectivity index (χ0v) is 9.25. The first-order valence-corrected chi connectivity index (χ1v) is 4.99. The van der Waals surface area contributed by atoms with Gasteiger partial charge in [-0.15, -0.1) is 0 Å². The molecule has 0 bridgehead atoms. The van der Waals surface area contributed by atoms with Crippen LogP contribution in [0.15, 0.2) is 0 Å². The quantitative estimate of drug-likeness (QED) is 0.658. The van der Waals surface area contributed by atoms with Gasteiger partial charge in [-0.2, -0.15) is 0 Å². The lowest BCUT2D eigenvalue weighted by Gasteiger charge is -2.25. The molecule has 0 fully saturated rings. The molecule has 0 heterocycles. The van der Waals surface area contributed by atoms with Crippen LogP contribution in [0.2, 0.25) is 0 Å². The molecule has 2 N–H and O–H groups in total. The maximum Gasteiger partial charge on any atom is 0.0700 e. The van der Waals surface area contributed by atoms with Crippen LogP contribution in [0.5, 0.6) is 0 Å². The van der Waals surface area contributed by atoms with Gasteiger partial charge in [0.25, 0.3) is 0 Å². The van der Waals surface area contributed by atoms with Gasteiger partial charge in [0.1, 0.15) is 0 Å². The molecule has 0 rings (SSSR count). The second kappa shape index (κ2) is 7.30. The highest BCUT2D eigenvalue weighted by Gasteiger charge is 2.19. The van der Waals surface area contributed by atoms with Crippen molar-refractivity contribution in [2.45, 2.75) is 39.3 Å². The summed E-state index contributed by atoms with van der Waals surface area (Å²) >= 11 is 0. The summed E-state index contributed by atoms with van der Waals surface area (Å²) in [6.07, 6.45) is 1.13. The van der Waals surface area contributed by atoms with Crippen LogP contribution < -0.4 is 5.73 Å². The number of hydrogen-bond donors (Lipinski definition) is 1. The second-order valence-corrected chi connectivity index (χ2v) is 3.50. The van der Waals surface area contributed by atoms with Gasteiger partial charge in [-0.05, 0) is 26.2 Å². The van der Waals surface area contributed by atoms with Gasteiger partial charge in [-0.25, -0.2) is 0 Å². The summed E-state index contributed by atoms with van der Waals surface area (Å²) in [6, 6.07) is 0.107. The minimum absolute atomic E-state index is 0.107. The third-order valence-corrected chi connectivity index (χ3v) is 2.41. The SMILES string of the molecule is CCOC(C)C(N)C(C)CCOC. The van der Waals surface area contributed by atoms with Gasteiger partial charge >= 0.3 is 0 Å². The molecule has 0 amide bonds. The smallest absolute Gasteiger partial charge is 0.0700 e. The van der Waals surface area contributed by atoms with Crippen LogP contribution in [0.4, 0.5) is 0 Å². The van der Waals surface area contributed by atoms with Crippen molar-refractivity contribution in [3.05, 3.63) is 0 Å². The zero-order chi connectivity index (χ0) is 10.3. The molecular weight excluding hydrogens is 166 g/mol. The van der Waals surface area contributed by atoms with Gasteiger partial charge < -0.3 is 15.2 Å². The van der Waals surface area contributed by atoms with Crippen molar-refractivity contribution in [2.75, 3.05) is 20.3 Å². The highest BCUT2D eigenvalue weighted by Crippen LogP contribution is 2.11. The van der Waals surface area contributed by atoms with E-state index in [0.29, 0.717) is 5.92 Å². The van der Waals surface area contributed by atoms with Crippen LogP contribution in [-0.2, 0) is 9.47 Å². The van der Waals surface area contributed by atoms with E-state index in [1.807, 2.05) is 13.8 Å². The molecule has 0 aliphatic rings. The van der Waals surface area contributed by atoms with E-state index in [-0.39, 0.29) is 12.1 Å². The first-order chi connectivity index (χ1) is 6.13. The predicted octanol–water partition coefficient (Wildman–Crippen LogP) is 1.41. The summed E-state index contributed by atoms with van der Waals surface area (Å²) in [7, 11) is 1.71.